The molecule has 0 aliphatic carbocycles. The number of aromatic nitrogens is 1. The van der Waals surface area contributed by atoms with E-state index < -0.39 is 23.4 Å². The quantitative estimate of drug-likeness (QED) is 0.375. The van der Waals surface area contributed by atoms with Gasteiger partial charge < -0.3 is 19.5 Å². The third-order valence-corrected chi connectivity index (χ3v) is 2.49. The molecule has 0 aliphatic rings. The minimum Gasteiger partial charge on any atom is -0.543 e. The van der Waals surface area contributed by atoms with Gasteiger partial charge in [-0.15, -0.1) is 11.3 Å². The molecule has 0 spiro atoms. The van der Waals surface area contributed by atoms with Gasteiger partial charge >= 0.3 is 35.7 Å². The molecule has 1 aromatic rings. The summed E-state index contributed by atoms with van der Waals surface area (Å²) in [6.07, 6.45) is -0.683. The van der Waals surface area contributed by atoms with E-state index in [2.05, 4.69) is 20.3 Å². The Balaban J connectivity index is 0.00000400. The summed E-state index contributed by atoms with van der Waals surface area (Å²) < 4.78 is 5.04. The predicted octanol–water partition coefficient (Wildman–Crippen LogP) is -2.41. The zero-order chi connectivity index (χ0) is 15.3. The van der Waals surface area contributed by atoms with E-state index in [1.807, 2.05) is 0 Å². The summed E-state index contributed by atoms with van der Waals surface area (Å²) in [6.45, 7) is 5.16. The molecule has 0 bridgehead atoms. The maximum Gasteiger partial charge on any atom is 1.00 e. The van der Waals surface area contributed by atoms with Crippen LogP contribution in [0.4, 0.5) is 9.93 Å². The molecule has 1 rings (SSSR count). The Morgan fingerprint density at radius 2 is 2.05 bits per heavy atom. The molecule has 0 atom stereocenters. The number of oxime groups is 1. The molecule has 0 aromatic carbocycles. The number of hydrogen-bond acceptors (Lipinski definition) is 8. The minimum atomic E-state index is -1.53. The first-order chi connectivity index (χ1) is 9.23. The number of amides is 1. The third kappa shape index (κ3) is 6.89. The molecular weight excluding hydrogens is 309 g/mol. The maximum absolute atomic E-state index is 11.5. The number of carboxylic acids is 1. The number of hydrogen-bond donors (Lipinski definition) is 1. The van der Waals surface area contributed by atoms with Crippen molar-refractivity contribution in [3.8, 4) is 0 Å². The van der Waals surface area contributed by atoms with E-state index in [9.17, 15) is 14.7 Å². The van der Waals surface area contributed by atoms with Gasteiger partial charge in [0.1, 0.15) is 18.4 Å². The van der Waals surface area contributed by atoms with Crippen molar-refractivity contribution in [1.29, 1.82) is 0 Å². The van der Waals surface area contributed by atoms with E-state index in [-0.39, 0.29) is 40.4 Å². The van der Waals surface area contributed by atoms with Crippen LogP contribution in [0.2, 0.25) is 0 Å². The fourth-order valence-electron chi connectivity index (χ4n) is 1.11. The number of carbonyl (C=O) groups excluding carboxylic acids is 2. The molecule has 1 N–H and O–H groups in total. The summed E-state index contributed by atoms with van der Waals surface area (Å²) in [7, 11) is 1.20. The monoisotopic (exact) mass is 323 g/mol. The molecule has 1 amide bonds. The first-order valence-corrected chi connectivity index (χ1v) is 6.39. The van der Waals surface area contributed by atoms with Crippen molar-refractivity contribution in [3.05, 3.63) is 11.1 Å². The average Bonchev–Trinajstić information content (AvgIpc) is 2.70. The summed E-state index contributed by atoms with van der Waals surface area (Å²) in [6, 6.07) is 0. The third-order valence-electron chi connectivity index (χ3n) is 1.73. The van der Waals surface area contributed by atoms with Gasteiger partial charge in [-0.25, -0.2) is 9.78 Å². The van der Waals surface area contributed by atoms with Crippen molar-refractivity contribution < 1.29 is 53.8 Å². The van der Waals surface area contributed by atoms with Crippen LogP contribution in [0.5, 0.6) is 0 Å². The molecule has 21 heavy (non-hydrogen) atoms. The van der Waals surface area contributed by atoms with Gasteiger partial charge in [0.2, 0.25) is 0 Å². The Kier molecular flexibility index (Phi) is 7.86. The summed E-state index contributed by atoms with van der Waals surface area (Å²) in [5, 5.41) is 18.1. The van der Waals surface area contributed by atoms with Crippen molar-refractivity contribution >= 4 is 34.2 Å². The minimum absolute atomic E-state index is 0. The summed E-state index contributed by atoms with van der Waals surface area (Å²) in [5.41, 5.74) is -1.07. The fraction of sp³-hybridized carbons (Fsp3) is 0.455. The molecule has 10 heteroatoms. The second-order valence-electron chi connectivity index (χ2n) is 4.57. The fourth-order valence-corrected chi connectivity index (χ4v) is 1.79. The Morgan fingerprint density at radius 3 is 2.52 bits per heavy atom. The first-order valence-electron chi connectivity index (χ1n) is 5.51. The largest absolute Gasteiger partial charge is 1.00 e. The van der Waals surface area contributed by atoms with Crippen LogP contribution in [0, 0.1) is 0 Å². The van der Waals surface area contributed by atoms with Gasteiger partial charge in [0.05, 0.1) is 5.97 Å². The Bertz CT molecular complexity index is 538. The molecule has 0 saturated carbocycles. The Hall–Kier alpha value is -1.16. The summed E-state index contributed by atoms with van der Waals surface area (Å²) in [5.74, 6) is -1.53. The Morgan fingerprint density at radius 1 is 1.43 bits per heavy atom. The van der Waals surface area contributed by atoms with E-state index in [0.717, 1.165) is 11.3 Å². The molecule has 0 fully saturated rings. The van der Waals surface area contributed by atoms with E-state index in [4.69, 9.17) is 4.74 Å². The number of thiazole rings is 1. The van der Waals surface area contributed by atoms with Crippen LogP contribution in [-0.4, -0.2) is 35.5 Å². The number of anilines is 1. The molecule has 0 saturated heterocycles. The van der Waals surface area contributed by atoms with Crippen LogP contribution in [0.15, 0.2) is 10.5 Å². The van der Waals surface area contributed by atoms with Gasteiger partial charge in [-0.3, -0.25) is 5.32 Å². The maximum atomic E-state index is 11.5. The molecule has 0 aliphatic heterocycles. The SMILES string of the molecule is CO/N=C(\C(=O)[O-])c1csc(NC(=O)OC(C)(C)C)n1.[Na+]. The molecular formula is C11H14N3NaO5S. The molecule has 1 aromatic heterocycles. The van der Waals surface area contributed by atoms with Gasteiger partial charge in [-0.1, -0.05) is 5.16 Å². The van der Waals surface area contributed by atoms with Crippen LogP contribution < -0.4 is 40.0 Å². The van der Waals surface area contributed by atoms with Gasteiger partial charge in [-0.2, -0.15) is 0 Å². The van der Waals surface area contributed by atoms with E-state index in [0.29, 0.717) is 0 Å². The van der Waals surface area contributed by atoms with Gasteiger partial charge in [0.15, 0.2) is 10.8 Å². The zero-order valence-corrected chi connectivity index (χ0v) is 15.2. The molecule has 110 valence electrons. The summed E-state index contributed by atoms with van der Waals surface area (Å²) in [4.78, 5) is 30.6. The van der Waals surface area contributed by atoms with Crippen molar-refractivity contribution in [2.45, 2.75) is 26.4 Å². The molecule has 8 nitrogen and oxygen atoms in total. The van der Waals surface area contributed by atoms with Crippen LogP contribution in [0.25, 0.3) is 0 Å². The number of nitrogens with zero attached hydrogens (tertiary/aromatic N) is 2. The first kappa shape index (κ1) is 19.8. The van der Waals surface area contributed by atoms with Gasteiger partial charge in [0.25, 0.3) is 0 Å². The number of ether oxygens (including phenoxy) is 1. The van der Waals surface area contributed by atoms with Crippen LogP contribution in [-0.2, 0) is 14.4 Å². The predicted molar refractivity (Wildman–Crippen MR) is 70.5 cm³/mol. The van der Waals surface area contributed by atoms with E-state index in [1.54, 1.807) is 20.8 Å². The van der Waals surface area contributed by atoms with Crippen molar-refractivity contribution in [2.24, 2.45) is 5.16 Å². The topological polar surface area (TPSA) is 113 Å². The van der Waals surface area contributed by atoms with E-state index >= 15 is 0 Å². The van der Waals surface area contributed by atoms with Crippen molar-refractivity contribution in [1.82, 2.24) is 4.98 Å². The number of carboxylic acid groups (broad SMARTS) is 1. The second-order valence-corrected chi connectivity index (χ2v) is 5.43. The van der Waals surface area contributed by atoms with E-state index in [1.165, 1.54) is 12.5 Å². The number of nitrogens with one attached hydrogen (secondary N) is 1. The van der Waals surface area contributed by atoms with Crippen LogP contribution >= 0.6 is 11.3 Å². The number of rotatable bonds is 4. The zero-order valence-electron chi connectivity index (χ0n) is 12.4. The summed E-state index contributed by atoms with van der Waals surface area (Å²) >= 11 is 1.02. The molecule has 0 unspecified atom stereocenters. The van der Waals surface area contributed by atoms with Crippen molar-refractivity contribution in [3.63, 3.8) is 0 Å². The second kappa shape index (κ2) is 8.32. The normalized spacial score (nSPS) is 11.3. The standard InChI is InChI=1S/C11H15N3O5S.Na/c1-11(2,3)19-10(17)13-9-12-6(5-20-9)7(8(15)16)14-18-4;/h5H,1-4H3,(H,15,16)(H,12,13,17);/q;+1/p-1/b14-7-;. The molecule has 0 radical (unpaired) electrons. The average molecular weight is 323 g/mol. The smallest absolute Gasteiger partial charge is 0.543 e. The molecule has 1 heterocycles. The van der Waals surface area contributed by atoms with Gasteiger partial charge in [-0.05, 0) is 20.8 Å². The Labute approximate surface area is 147 Å². The number of aliphatic carboxylic acids is 1. The van der Waals surface area contributed by atoms with Gasteiger partial charge in [0, 0.05) is 5.38 Å². The van der Waals surface area contributed by atoms with Crippen molar-refractivity contribution in [2.75, 3.05) is 12.4 Å². The van der Waals surface area contributed by atoms with Crippen LogP contribution in [0.3, 0.4) is 0 Å². The van der Waals surface area contributed by atoms with Crippen LogP contribution in [0.1, 0.15) is 26.5 Å². The number of carbonyl (C=O) groups is 2.